The Bertz CT molecular complexity index is 1020. The van der Waals surface area contributed by atoms with E-state index in [1.54, 1.807) is 0 Å². The van der Waals surface area contributed by atoms with Crippen molar-refractivity contribution in [2.24, 2.45) is 0 Å². The standard InChI is InChI=1S/C25H25NO2/c1-17-8-6-11-22(14-17)28-24-13-7-12-23(19(24)3)25(27)26-16-21-10-5-4-9-20(21)15-18(26)2/h4-14,18H,15-16H2,1-3H3. The predicted octanol–water partition coefficient (Wildman–Crippen LogP) is 5.68. The third-order valence-corrected chi connectivity index (χ3v) is 5.50. The van der Waals surface area contributed by atoms with Gasteiger partial charge in [0.15, 0.2) is 0 Å². The predicted molar refractivity (Wildman–Crippen MR) is 112 cm³/mol. The zero-order valence-corrected chi connectivity index (χ0v) is 16.6. The summed E-state index contributed by atoms with van der Waals surface area (Å²) in [5.41, 5.74) is 5.30. The first-order valence-electron chi connectivity index (χ1n) is 9.75. The van der Waals surface area contributed by atoms with Crippen LogP contribution in [0.1, 0.15) is 39.5 Å². The maximum atomic E-state index is 13.4. The number of benzene rings is 3. The molecule has 1 amide bonds. The third-order valence-electron chi connectivity index (χ3n) is 5.50. The van der Waals surface area contributed by atoms with E-state index in [-0.39, 0.29) is 11.9 Å². The fraction of sp³-hybridized carbons (Fsp3) is 0.240. The minimum Gasteiger partial charge on any atom is -0.457 e. The lowest BCUT2D eigenvalue weighted by atomic mass is 9.93. The quantitative estimate of drug-likeness (QED) is 0.592. The molecular weight excluding hydrogens is 346 g/mol. The van der Waals surface area contributed by atoms with Crippen LogP contribution in [0, 0.1) is 13.8 Å². The minimum atomic E-state index is 0.0641. The van der Waals surface area contributed by atoms with Crippen molar-refractivity contribution >= 4 is 5.91 Å². The van der Waals surface area contributed by atoms with Crippen molar-refractivity contribution in [3.8, 4) is 11.5 Å². The molecule has 0 N–H and O–H groups in total. The van der Waals surface area contributed by atoms with Crippen molar-refractivity contribution in [2.75, 3.05) is 0 Å². The van der Waals surface area contributed by atoms with E-state index in [2.05, 4.69) is 25.1 Å². The second-order valence-electron chi connectivity index (χ2n) is 7.60. The van der Waals surface area contributed by atoms with Crippen LogP contribution in [-0.4, -0.2) is 16.8 Å². The lowest BCUT2D eigenvalue weighted by Gasteiger charge is -2.35. The Hall–Kier alpha value is -3.07. The molecule has 1 aliphatic rings. The molecule has 3 heteroatoms. The molecule has 1 heterocycles. The number of hydrogen-bond donors (Lipinski definition) is 0. The van der Waals surface area contributed by atoms with Crippen molar-refractivity contribution in [3.05, 3.63) is 94.5 Å². The van der Waals surface area contributed by atoms with Crippen LogP contribution in [-0.2, 0) is 13.0 Å². The van der Waals surface area contributed by atoms with Crippen molar-refractivity contribution in [2.45, 2.75) is 39.8 Å². The summed E-state index contributed by atoms with van der Waals surface area (Å²) in [7, 11) is 0. The molecule has 4 rings (SSSR count). The first-order chi connectivity index (χ1) is 13.5. The largest absolute Gasteiger partial charge is 0.457 e. The molecule has 0 saturated carbocycles. The summed E-state index contributed by atoms with van der Waals surface area (Å²) in [5.74, 6) is 1.57. The van der Waals surface area contributed by atoms with E-state index in [0.717, 1.165) is 29.0 Å². The summed E-state index contributed by atoms with van der Waals surface area (Å²) >= 11 is 0. The summed E-state index contributed by atoms with van der Waals surface area (Å²) in [6.45, 7) is 6.77. The molecule has 0 aliphatic carbocycles. The van der Waals surface area contributed by atoms with Gasteiger partial charge in [-0.1, -0.05) is 42.5 Å². The molecule has 0 fully saturated rings. The van der Waals surface area contributed by atoms with Crippen molar-refractivity contribution in [1.82, 2.24) is 4.90 Å². The minimum absolute atomic E-state index is 0.0641. The maximum Gasteiger partial charge on any atom is 0.254 e. The number of aryl methyl sites for hydroxylation is 1. The average Bonchev–Trinajstić information content (AvgIpc) is 2.68. The van der Waals surface area contributed by atoms with Crippen LogP contribution in [0.3, 0.4) is 0 Å². The van der Waals surface area contributed by atoms with E-state index >= 15 is 0 Å². The molecule has 0 spiro atoms. The summed E-state index contributed by atoms with van der Waals surface area (Å²) in [6, 6.07) is 22.2. The molecule has 0 aromatic heterocycles. The highest BCUT2D eigenvalue weighted by atomic mass is 16.5. The molecule has 0 bridgehead atoms. The van der Waals surface area contributed by atoms with Gasteiger partial charge < -0.3 is 9.64 Å². The number of fused-ring (bicyclic) bond motifs is 1. The van der Waals surface area contributed by atoms with Gasteiger partial charge in [0.2, 0.25) is 0 Å². The smallest absolute Gasteiger partial charge is 0.254 e. The van der Waals surface area contributed by atoms with E-state index < -0.39 is 0 Å². The van der Waals surface area contributed by atoms with E-state index in [1.807, 2.05) is 67.3 Å². The average molecular weight is 371 g/mol. The number of hydrogen-bond acceptors (Lipinski definition) is 2. The fourth-order valence-corrected chi connectivity index (χ4v) is 3.87. The summed E-state index contributed by atoms with van der Waals surface area (Å²) in [6.07, 6.45) is 0.889. The van der Waals surface area contributed by atoms with Crippen LogP contribution >= 0.6 is 0 Å². The molecule has 1 unspecified atom stereocenters. The van der Waals surface area contributed by atoms with Gasteiger partial charge >= 0.3 is 0 Å². The molecule has 142 valence electrons. The second-order valence-corrected chi connectivity index (χ2v) is 7.60. The highest BCUT2D eigenvalue weighted by Gasteiger charge is 2.28. The Morgan fingerprint density at radius 1 is 0.964 bits per heavy atom. The van der Waals surface area contributed by atoms with Gasteiger partial charge in [0.1, 0.15) is 11.5 Å². The van der Waals surface area contributed by atoms with E-state index in [1.165, 1.54) is 11.1 Å². The highest BCUT2D eigenvalue weighted by molar-refractivity contribution is 5.96. The van der Waals surface area contributed by atoms with Crippen LogP contribution in [0.2, 0.25) is 0 Å². The van der Waals surface area contributed by atoms with Gasteiger partial charge in [-0.3, -0.25) is 4.79 Å². The van der Waals surface area contributed by atoms with E-state index in [9.17, 15) is 4.79 Å². The summed E-state index contributed by atoms with van der Waals surface area (Å²) in [4.78, 5) is 15.3. The van der Waals surface area contributed by atoms with Gasteiger partial charge in [-0.15, -0.1) is 0 Å². The molecule has 0 radical (unpaired) electrons. The van der Waals surface area contributed by atoms with Crippen LogP contribution in [0.5, 0.6) is 11.5 Å². The number of nitrogens with zero attached hydrogens (tertiary/aromatic N) is 1. The SMILES string of the molecule is Cc1cccc(Oc2cccc(C(=O)N3Cc4ccccc4CC3C)c2C)c1. The Morgan fingerprint density at radius 3 is 2.50 bits per heavy atom. The number of ether oxygens (including phenoxy) is 1. The number of amides is 1. The lowest BCUT2D eigenvalue weighted by molar-refractivity contribution is 0.0657. The maximum absolute atomic E-state index is 13.4. The van der Waals surface area contributed by atoms with Crippen molar-refractivity contribution < 1.29 is 9.53 Å². The van der Waals surface area contributed by atoms with Gasteiger partial charge in [0, 0.05) is 23.7 Å². The van der Waals surface area contributed by atoms with Crippen LogP contribution in [0.4, 0.5) is 0 Å². The fourth-order valence-electron chi connectivity index (χ4n) is 3.87. The third kappa shape index (κ3) is 3.53. The molecule has 3 aromatic rings. The Morgan fingerprint density at radius 2 is 1.71 bits per heavy atom. The molecule has 3 nitrogen and oxygen atoms in total. The van der Waals surface area contributed by atoms with E-state index in [4.69, 9.17) is 4.74 Å². The lowest BCUT2D eigenvalue weighted by Crippen LogP contribution is -2.42. The molecule has 1 aliphatic heterocycles. The van der Waals surface area contributed by atoms with Gasteiger partial charge in [0.25, 0.3) is 5.91 Å². The molecule has 1 atom stereocenters. The van der Waals surface area contributed by atoms with Crippen molar-refractivity contribution in [1.29, 1.82) is 0 Å². The Balaban J connectivity index is 1.62. The van der Waals surface area contributed by atoms with Crippen LogP contribution in [0.15, 0.2) is 66.7 Å². The Labute approximate surface area is 166 Å². The van der Waals surface area contributed by atoms with Crippen LogP contribution in [0.25, 0.3) is 0 Å². The topological polar surface area (TPSA) is 29.5 Å². The zero-order valence-electron chi connectivity index (χ0n) is 16.6. The van der Waals surface area contributed by atoms with Crippen LogP contribution < -0.4 is 4.74 Å². The molecule has 28 heavy (non-hydrogen) atoms. The van der Waals surface area contributed by atoms with Gasteiger partial charge in [0.05, 0.1) is 0 Å². The number of carbonyl (C=O) groups excluding carboxylic acids is 1. The Kier molecular flexibility index (Phi) is 4.91. The van der Waals surface area contributed by atoms with Crippen molar-refractivity contribution in [3.63, 3.8) is 0 Å². The van der Waals surface area contributed by atoms with E-state index in [0.29, 0.717) is 12.1 Å². The second kappa shape index (κ2) is 7.51. The van der Waals surface area contributed by atoms with Gasteiger partial charge in [-0.2, -0.15) is 0 Å². The number of rotatable bonds is 3. The summed E-state index contributed by atoms with van der Waals surface area (Å²) in [5, 5.41) is 0. The first-order valence-corrected chi connectivity index (χ1v) is 9.75. The van der Waals surface area contributed by atoms with Gasteiger partial charge in [-0.05, 0) is 68.1 Å². The number of carbonyl (C=O) groups is 1. The highest BCUT2D eigenvalue weighted by Crippen LogP contribution is 2.30. The zero-order chi connectivity index (χ0) is 19.7. The summed E-state index contributed by atoms with van der Waals surface area (Å²) < 4.78 is 6.08. The molecule has 0 saturated heterocycles. The molecular formula is C25H25NO2. The normalized spacial score (nSPS) is 15.8. The molecule has 3 aromatic carbocycles. The monoisotopic (exact) mass is 371 g/mol. The van der Waals surface area contributed by atoms with Gasteiger partial charge in [-0.25, -0.2) is 0 Å². The first kappa shape index (κ1) is 18.3.